The Bertz CT molecular complexity index is 491. The minimum absolute atomic E-state index is 0.0371. The molecular formula is C17H24N2O2. The van der Waals surface area contributed by atoms with E-state index < -0.39 is 0 Å². The van der Waals surface area contributed by atoms with E-state index in [1.54, 1.807) is 0 Å². The van der Waals surface area contributed by atoms with Crippen molar-refractivity contribution in [3.8, 4) is 11.8 Å². The number of nitrogens with one attached hydrogen (secondary N) is 1. The van der Waals surface area contributed by atoms with E-state index >= 15 is 0 Å². The van der Waals surface area contributed by atoms with Gasteiger partial charge >= 0.3 is 0 Å². The van der Waals surface area contributed by atoms with Gasteiger partial charge in [-0.3, -0.25) is 0 Å². The van der Waals surface area contributed by atoms with E-state index in [1.165, 1.54) is 5.56 Å². The second-order valence-corrected chi connectivity index (χ2v) is 6.20. The predicted octanol–water partition coefficient (Wildman–Crippen LogP) is 3.20. The molecule has 0 bridgehead atoms. The summed E-state index contributed by atoms with van der Waals surface area (Å²) in [6, 6.07) is 10.7. The Morgan fingerprint density at radius 1 is 1.43 bits per heavy atom. The van der Waals surface area contributed by atoms with E-state index in [0.29, 0.717) is 6.04 Å². The second-order valence-electron chi connectivity index (χ2n) is 6.20. The average Bonchev–Trinajstić information content (AvgIpc) is 2.44. The van der Waals surface area contributed by atoms with Gasteiger partial charge in [-0.1, -0.05) is 12.1 Å². The second kappa shape index (κ2) is 6.93. The first-order valence-corrected chi connectivity index (χ1v) is 7.50. The Balaban J connectivity index is 1.91. The molecule has 1 aliphatic rings. The molecule has 2 rings (SSSR count). The molecule has 0 aliphatic carbocycles. The van der Waals surface area contributed by atoms with Crippen LogP contribution in [-0.2, 0) is 4.74 Å². The lowest BCUT2D eigenvalue weighted by Crippen LogP contribution is -2.44. The van der Waals surface area contributed by atoms with Gasteiger partial charge < -0.3 is 14.8 Å². The molecule has 1 aliphatic heterocycles. The van der Waals surface area contributed by atoms with Crippen molar-refractivity contribution in [3.05, 3.63) is 29.8 Å². The van der Waals surface area contributed by atoms with Gasteiger partial charge in [0, 0.05) is 18.7 Å². The van der Waals surface area contributed by atoms with Crippen molar-refractivity contribution in [1.29, 1.82) is 5.26 Å². The van der Waals surface area contributed by atoms with Crippen molar-refractivity contribution >= 4 is 0 Å². The summed E-state index contributed by atoms with van der Waals surface area (Å²) in [7, 11) is 0. The summed E-state index contributed by atoms with van der Waals surface area (Å²) < 4.78 is 11.0. The van der Waals surface area contributed by atoms with Gasteiger partial charge in [-0.15, -0.1) is 0 Å². The first-order chi connectivity index (χ1) is 10.00. The van der Waals surface area contributed by atoms with Crippen molar-refractivity contribution in [2.75, 3.05) is 13.2 Å². The van der Waals surface area contributed by atoms with Crippen LogP contribution in [0, 0.1) is 11.3 Å². The minimum atomic E-state index is -0.0371. The molecule has 0 radical (unpaired) electrons. The van der Waals surface area contributed by atoms with Crippen LogP contribution in [0.25, 0.3) is 0 Å². The van der Waals surface area contributed by atoms with Gasteiger partial charge in [0.2, 0.25) is 0 Å². The summed E-state index contributed by atoms with van der Waals surface area (Å²) in [5.74, 6) is 0.736. The minimum Gasteiger partial charge on any atom is -0.479 e. The zero-order valence-electron chi connectivity index (χ0n) is 13.1. The number of hydrogen-bond acceptors (Lipinski definition) is 4. The van der Waals surface area contributed by atoms with Crippen LogP contribution in [0.3, 0.4) is 0 Å². The molecule has 0 aromatic heterocycles. The fourth-order valence-corrected chi connectivity index (χ4v) is 2.79. The number of ether oxygens (including phenoxy) is 2. The Kier molecular flexibility index (Phi) is 5.22. The predicted molar refractivity (Wildman–Crippen MR) is 82.2 cm³/mol. The molecule has 1 N–H and O–H groups in total. The molecule has 1 aromatic rings. The standard InChI is InChI=1S/C17H24N2O2/c1-13(19-15-8-10-21-17(2,3)12-15)14-4-6-16(7-5-14)20-11-9-18/h4-7,13,15,19H,8,10-12H2,1-3H3. The Morgan fingerprint density at radius 2 is 2.14 bits per heavy atom. The zero-order valence-corrected chi connectivity index (χ0v) is 13.1. The van der Waals surface area contributed by atoms with Crippen LogP contribution in [0.4, 0.5) is 0 Å². The van der Waals surface area contributed by atoms with Crippen molar-refractivity contribution in [2.24, 2.45) is 0 Å². The van der Waals surface area contributed by atoms with Gasteiger partial charge in [0.25, 0.3) is 0 Å². The van der Waals surface area contributed by atoms with Gasteiger partial charge in [0.05, 0.1) is 5.60 Å². The van der Waals surface area contributed by atoms with Crippen LogP contribution in [0.5, 0.6) is 5.75 Å². The summed E-state index contributed by atoms with van der Waals surface area (Å²) in [6.45, 7) is 7.37. The highest BCUT2D eigenvalue weighted by Crippen LogP contribution is 2.26. The van der Waals surface area contributed by atoms with Crippen molar-refractivity contribution < 1.29 is 9.47 Å². The molecule has 0 spiro atoms. The Morgan fingerprint density at radius 3 is 2.76 bits per heavy atom. The normalized spacial score (nSPS) is 22.3. The lowest BCUT2D eigenvalue weighted by molar-refractivity contribution is -0.0639. The monoisotopic (exact) mass is 288 g/mol. The van der Waals surface area contributed by atoms with Gasteiger partial charge in [-0.2, -0.15) is 5.26 Å². The quantitative estimate of drug-likeness (QED) is 0.904. The third kappa shape index (κ3) is 4.73. The summed E-state index contributed by atoms with van der Waals surface area (Å²) in [5, 5.41) is 12.2. The number of nitriles is 1. The third-order valence-corrected chi connectivity index (χ3v) is 3.87. The van der Waals surface area contributed by atoms with E-state index in [9.17, 15) is 0 Å². The maximum Gasteiger partial charge on any atom is 0.174 e. The van der Waals surface area contributed by atoms with Crippen molar-refractivity contribution in [1.82, 2.24) is 5.32 Å². The molecule has 114 valence electrons. The molecule has 1 heterocycles. The van der Waals surface area contributed by atoms with Crippen molar-refractivity contribution in [2.45, 2.75) is 51.3 Å². The molecular weight excluding hydrogens is 264 g/mol. The van der Waals surface area contributed by atoms with E-state index in [1.807, 2.05) is 18.2 Å². The maximum atomic E-state index is 8.50. The molecule has 21 heavy (non-hydrogen) atoms. The average molecular weight is 288 g/mol. The van der Waals surface area contributed by atoms with Crippen LogP contribution in [-0.4, -0.2) is 24.9 Å². The summed E-state index contributed by atoms with van der Waals surface area (Å²) >= 11 is 0. The topological polar surface area (TPSA) is 54.3 Å². The molecule has 4 nitrogen and oxygen atoms in total. The third-order valence-electron chi connectivity index (χ3n) is 3.87. The number of hydrogen-bond donors (Lipinski definition) is 1. The molecule has 1 aromatic carbocycles. The van der Waals surface area contributed by atoms with E-state index in [0.717, 1.165) is 25.2 Å². The Labute approximate surface area is 127 Å². The van der Waals surface area contributed by atoms with Gasteiger partial charge in [-0.25, -0.2) is 0 Å². The molecule has 4 heteroatoms. The van der Waals surface area contributed by atoms with Crippen molar-refractivity contribution in [3.63, 3.8) is 0 Å². The maximum absolute atomic E-state index is 8.50. The molecule has 2 unspecified atom stereocenters. The SMILES string of the molecule is CC(NC1CCOC(C)(C)C1)c1ccc(OCC#N)cc1. The first-order valence-electron chi connectivity index (χ1n) is 7.50. The van der Waals surface area contributed by atoms with E-state index in [4.69, 9.17) is 14.7 Å². The largest absolute Gasteiger partial charge is 0.479 e. The van der Waals surface area contributed by atoms with Crippen LogP contribution >= 0.6 is 0 Å². The molecule has 0 saturated carbocycles. The smallest absolute Gasteiger partial charge is 0.174 e. The van der Waals surface area contributed by atoms with Gasteiger partial charge in [0.1, 0.15) is 11.8 Å². The van der Waals surface area contributed by atoms with Gasteiger partial charge in [-0.05, 0) is 51.3 Å². The van der Waals surface area contributed by atoms with Gasteiger partial charge in [0.15, 0.2) is 6.61 Å². The lowest BCUT2D eigenvalue weighted by atomic mass is 9.93. The first kappa shape index (κ1) is 15.8. The molecule has 1 saturated heterocycles. The Hall–Kier alpha value is -1.57. The molecule has 1 fully saturated rings. The highest BCUT2D eigenvalue weighted by Gasteiger charge is 2.29. The molecule has 2 atom stereocenters. The van der Waals surface area contributed by atoms with Crippen LogP contribution in [0.1, 0.15) is 45.2 Å². The highest BCUT2D eigenvalue weighted by atomic mass is 16.5. The fraction of sp³-hybridized carbons (Fsp3) is 0.588. The number of nitrogens with zero attached hydrogens (tertiary/aromatic N) is 1. The summed E-state index contributed by atoms with van der Waals surface area (Å²) in [5.41, 5.74) is 1.19. The van der Waals surface area contributed by atoms with Crippen LogP contribution in [0.15, 0.2) is 24.3 Å². The lowest BCUT2D eigenvalue weighted by Gasteiger charge is -2.37. The summed E-state index contributed by atoms with van der Waals surface area (Å²) in [6.07, 6.45) is 2.08. The van der Waals surface area contributed by atoms with E-state index in [2.05, 4.69) is 38.2 Å². The number of rotatable bonds is 5. The fourth-order valence-electron chi connectivity index (χ4n) is 2.79. The van der Waals surface area contributed by atoms with E-state index in [-0.39, 0.29) is 18.2 Å². The number of benzene rings is 1. The zero-order chi connectivity index (χ0) is 15.3. The van der Waals surface area contributed by atoms with Crippen LogP contribution < -0.4 is 10.1 Å². The highest BCUT2D eigenvalue weighted by molar-refractivity contribution is 5.29. The molecule has 0 amide bonds. The van der Waals surface area contributed by atoms with Crippen LogP contribution in [0.2, 0.25) is 0 Å². The summed E-state index contributed by atoms with van der Waals surface area (Å²) in [4.78, 5) is 0.